The third kappa shape index (κ3) is 4.60. The summed E-state index contributed by atoms with van der Waals surface area (Å²) in [6.45, 7) is 1.64. The van der Waals surface area contributed by atoms with Crippen LogP contribution in [-0.4, -0.2) is 6.54 Å². The van der Waals surface area contributed by atoms with Crippen LogP contribution in [0.5, 0.6) is 0 Å². The van der Waals surface area contributed by atoms with E-state index in [1.807, 2.05) is 30.3 Å². The van der Waals surface area contributed by atoms with E-state index in [-0.39, 0.29) is 5.82 Å². The van der Waals surface area contributed by atoms with Crippen LogP contribution in [0.3, 0.4) is 0 Å². The van der Waals surface area contributed by atoms with Gasteiger partial charge in [0.15, 0.2) is 0 Å². The fourth-order valence-electron chi connectivity index (χ4n) is 1.77. The van der Waals surface area contributed by atoms with E-state index in [4.69, 9.17) is 11.6 Å². The minimum absolute atomic E-state index is 0.192. The highest BCUT2D eigenvalue weighted by molar-refractivity contribution is 9.10. The van der Waals surface area contributed by atoms with Crippen molar-refractivity contribution in [1.29, 1.82) is 0 Å². The van der Waals surface area contributed by atoms with Crippen molar-refractivity contribution in [1.82, 2.24) is 5.32 Å². The third-order valence-electron chi connectivity index (χ3n) is 2.82. The molecule has 2 aromatic rings. The molecule has 2 rings (SSSR count). The average Bonchev–Trinajstić information content (AvgIpc) is 2.41. The Balaban J connectivity index is 1.77. The van der Waals surface area contributed by atoms with E-state index in [0.717, 1.165) is 34.6 Å². The Kier molecular flexibility index (Phi) is 5.37. The largest absolute Gasteiger partial charge is 0.312 e. The second-order valence-corrected chi connectivity index (χ2v) is 5.56. The van der Waals surface area contributed by atoms with Gasteiger partial charge in [0, 0.05) is 11.0 Å². The molecule has 19 heavy (non-hydrogen) atoms. The molecule has 0 aliphatic rings. The van der Waals surface area contributed by atoms with Crippen molar-refractivity contribution in [3.8, 4) is 0 Å². The Morgan fingerprint density at radius 2 is 1.74 bits per heavy atom. The Labute approximate surface area is 125 Å². The molecule has 0 unspecified atom stereocenters. The first-order valence-electron chi connectivity index (χ1n) is 6.04. The summed E-state index contributed by atoms with van der Waals surface area (Å²) in [5.74, 6) is -0.192. The molecule has 0 spiro atoms. The number of hydrogen-bond acceptors (Lipinski definition) is 1. The first-order valence-corrected chi connectivity index (χ1v) is 7.21. The van der Waals surface area contributed by atoms with Crippen molar-refractivity contribution in [2.24, 2.45) is 0 Å². The van der Waals surface area contributed by atoms with Gasteiger partial charge in [0.1, 0.15) is 5.82 Å². The molecule has 2 aromatic carbocycles. The van der Waals surface area contributed by atoms with Gasteiger partial charge in [-0.3, -0.25) is 0 Å². The topological polar surface area (TPSA) is 12.0 Å². The molecule has 1 N–H and O–H groups in total. The Hall–Kier alpha value is -0.900. The van der Waals surface area contributed by atoms with Crippen molar-refractivity contribution in [2.45, 2.75) is 13.0 Å². The fraction of sp³-hybridized carbons (Fsp3) is 0.200. The minimum atomic E-state index is -0.192. The summed E-state index contributed by atoms with van der Waals surface area (Å²) in [4.78, 5) is 0. The first-order chi connectivity index (χ1) is 9.15. The van der Waals surface area contributed by atoms with Gasteiger partial charge in [-0.1, -0.05) is 29.8 Å². The Morgan fingerprint density at radius 3 is 2.42 bits per heavy atom. The normalized spacial score (nSPS) is 10.7. The second-order valence-electron chi connectivity index (χ2n) is 4.30. The van der Waals surface area contributed by atoms with Crippen LogP contribution in [0, 0.1) is 5.82 Å². The molecule has 0 saturated carbocycles. The summed E-state index contributed by atoms with van der Waals surface area (Å²) in [6, 6.07) is 12.5. The lowest BCUT2D eigenvalue weighted by molar-refractivity contribution is 0.626. The van der Waals surface area contributed by atoms with Gasteiger partial charge in [-0.2, -0.15) is 0 Å². The molecule has 0 heterocycles. The van der Waals surface area contributed by atoms with Crippen LogP contribution in [0.4, 0.5) is 4.39 Å². The van der Waals surface area contributed by atoms with Crippen molar-refractivity contribution < 1.29 is 4.39 Å². The summed E-state index contributed by atoms with van der Waals surface area (Å²) in [6.07, 6.45) is 0.884. The van der Waals surface area contributed by atoms with Crippen molar-refractivity contribution in [3.63, 3.8) is 0 Å². The molecule has 0 saturated heterocycles. The standard InChI is InChI=1S/C15H14BrClFN/c16-14-9-12(3-6-15(14)17)10-19-8-7-11-1-4-13(18)5-2-11/h1-6,9,19H,7-8,10H2. The number of rotatable bonds is 5. The Morgan fingerprint density at radius 1 is 1.05 bits per heavy atom. The molecule has 0 amide bonds. The molecular formula is C15H14BrClFN. The number of benzene rings is 2. The van der Waals surface area contributed by atoms with Crippen LogP contribution in [0.1, 0.15) is 11.1 Å². The summed E-state index contributed by atoms with van der Waals surface area (Å²) in [7, 11) is 0. The molecule has 0 radical (unpaired) electrons. The SMILES string of the molecule is Fc1ccc(CCNCc2ccc(Cl)c(Br)c2)cc1. The van der Waals surface area contributed by atoms with Crippen LogP contribution in [0.25, 0.3) is 0 Å². The van der Waals surface area contributed by atoms with Crippen LogP contribution < -0.4 is 5.32 Å². The molecule has 4 heteroatoms. The zero-order valence-corrected chi connectivity index (χ0v) is 12.6. The van der Waals surface area contributed by atoms with Gasteiger partial charge >= 0.3 is 0 Å². The van der Waals surface area contributed by atoms with Crippen molar-refractivity contribution >= 4 is 27.5 Å². The summed E-state index contributed by atoms with van der Waals surface area (Å²) < 4.78 is 13.6. The van der Waals surface area contributed by atoms with E-state index >= 15 is 0 Å². The highest BCUT2D eigenvalue weighted by Crippen LogP contribution is 2.23. The first kappa shape index (κ1) is 14.5. The second kappa shape index (κ2) is 7.04. The van der Waals surface area contributed by atoms with Crippen LogP contribution in [0.15, 0.2) is 46.9 Å². The molecule has 0 aliphatic heterocycles. The lowest BCUT2D eigenvalue weighted by Crippen LogP contribution is -2.16. The fourth-order valence-corrected chi connectivity index (χ4v) is 2.31. The molecule has 0 bridgehead atoms. The lowest BCUT2D eigenvalue weighted by Gasteiger charge is -2.06. The van der Waals surface area contributed by atoms with E-state index in [0.29, 0.717) is 0 Å². The third-order valence-corrected chi connectivity index (χ3v) is 4.03. The van der Waals surface area contributed by atoms with Crippen LogP contribution in [0.2, 0.25) is 5.02 Å². The molecule has 100 valence electrons. The monoisotopic (exact) mass is 341 g/mol. The van der Waals surface area contributed by atoms with E-state index < -0.39 is 0 Å². The number of hydrogen-bond donors (Lipinski definition) is 1. The maximum atomic E-state index is 12.7. The van der Waals surface area contributed by atoms with E-state index in [2.05, 4.69) is 21.2 Å². The molecule has 0 aromatic heterocycles. The number of nitrogens with one attached hydrogen (secondary N) is 1. The summed E-state index contributed by atoms with van der Waals surface area (Å²) in [5, 5.41) is 4.07. The van der Waals surface area contributed by atoms with Gasteiger partial charge in [0.2, 0.25) is 0 Å². The van der Waals surface area contributed by atoms with Crippen molar-refractivity contribution in [3.05, 3.63) is 68.9 Å². The predicted octanol–water partition coefficient (Wildman–Crippen LogP) is 4.57. The van der Waals surface area contributed by atoms with E-state index in [1.54, 1.807) is 0 Å². The Bertz CT molecular complexity index is 542. The molecule has 0 fully saturated rings. The van der Waals surface area contributed by atoms with Crippen LogP contribution in [-0.2, 0) is 13.0 Å². The predicted molar refractivity (Wildman–Crippen MR) is 81.0 cm³/mol. The quantitative estimate of drug-likeness (QED) is 0.785. The summed E-state index contributed by atoms with van der Waals surface area (Å²) in [5.41, 5.74) is 2.31. The van der Waals surface area contributed by atoms with E-state index in [9.17, 15) is 4.39 Å². The van der Waals surface area contributed by atoms with Gasteiger partial charge in [-0.15, -0.1) is 0 Å². The van der Waals surface area contributed by atoms with Gasteiger partial charge in [-0.05, 0) is 64.3 Å². The average molecular weight is 343 g/mol. The molecule has 0 aliphatic carbocycles. The van der Waals surface area contributed by atoms with E-state index in [1.165, 1.54) is 17.7 Å². The lowest BCUT2D eigenvalue weighted by atomic mass is 10.1. The number of halogens is 3. The molecule has 0 atom stereocenters. The van der Waals surface area contributed by atoms with Gasteiger partial charge in [0.05, 0.1) is 5.02 Å². The summed E-state index contributed by atoms with van der Waals surface area (Å²) >= 11 is 9.34. The zero-order valence-electron chi connectivity index (χ0n) is 10.3. The smallest absolute Gasteiger partial charge is 0.123 e. The van der Waals surface area contributed by atoms with Crippen molar-refractivity contribution in [2.75, 3.05) is 6.54 Å². The highest BCUT2D eigenvalue weighted by Gasteiger charge is 1.99. The zero-order chi connectivity index (χ0) is 13.7. The molecule has 1 nitrogen and oxygen atoms in total. The van der Waals surface area contributed by atoms with Crippen LogP contribution >= 0.6 is 27.5 Å². The minimum Gasteiger partial charge on any atom is -0.312 e. The maximum absolute atomic E-state index is 12.7. The maximum Gasteiger partial charge on any atom is 0.123 e. The van der Waals surface area contributed by atoms with Gasteiger partial charge in [-0.25, -0.2) is 4.39 Å². The van der Waals surface area contributed by atoms with Gasteiger partial charge in [0.25, 0.3) is 0 Å². The van der Waals surface area contributed by atoms with Gasteiger partial charge < -0.3 is 5.32 Å². The molecular weight excluding hydrogens is 329 g/mol. The highest BCUT2D eigenvalue weighted by atomic mass is 79.9.